The molecular weight excluding hydrogens is 252 g/mol. The number of nitrogens with one attached hydrogen (secondary N) is 1. The Hall–Kier alpha value is -1.13. The molecule has 0 radical (unpaired) electrons. The molecule has 4 heteroatoms. The van der Waals surface area contributed by atoms with Gasteiger partial charge in [-0.3, -0.25) is 4.79 Å². The molecule has 1 aromatic heterocycles. The molecule has 0 aliphatic heterocycles. The van der Waals surface area contributed by atoms with Gasteiger partial charge in [-0.1, -0.05) is 26.8 Å². The molecule has 0 aliphatic carbocycles. The van der Waals surface area contributed by atoms with Crippen molar-refractivity contribution in [2.24, 2.45) is 0 Å². The average molecular weight is 280 g/mol. The first kappa shape index (κ1) is 16.9. The van der Waals surface area contributed by atoms with Gasteiger partial charge >= 0.3 is 0 Å². The number of hydrogen-bond donors (Lipinski definition) is 1. The van der Waals surface area contributed by atoms with Gasteiger partial charge in [-0.2, -0.15) is 0 Å². The highest BCUT2D eigenvalue weighted by molar-refractivity contribution is 5.18. The molecule has 1 N–H and O–H groups in total. The summed E-state index contributed by atoms with van der Waals surface area (Å²) in [5.74, 6) is 0.330. The van der Waals surface area contributed by atoms with Crippen LogP contribution >= 0.6 is 0 Å². The summed E-state index contributed by atoms with van der Waals surface area (Å²) in [6.45, 7) is 10.3. The Kier molecular flexibility index (Phi) is 6.96. The Morgan fingerprint density at radius 2 is 2.00 bits per heavy atom. The van der Waals surface area contributed by atoms with E-state index in [-0.39, 0.29) is 5.56 Å². The molecule has 0 amide bonds. The second-order valence-electron chi connectivity index (χ2n) is 5.58. The van der Waals surface area contributed by atoms with Crippen molar-refractivity contribution < 1.29 is 4.74 Å². The van der Waals surface area contributed by atoms with Crippen LogP contribution < -0.4 is 10.9 Å². The van der Waals surface area contributed by atoms with E-state index in [4.69, 9.17) is 4.74 Å². The lowest BCUT2D eigenvalue weighted by molar-refractivity contribution is 0.185. The fourth-order valence-electron chi connectivity index (χ4n) is 2.12. The number of hydrogen-bond acceptors (Lipinski definition) is 3. The zero-order chi connectivity index (χ0) is 15.1. The molecule has 0 spiro atoms. The predicted octanol–water partition coefficient (Wildman–Crippen LogP) is 2.51. The van der Waals surface area contributed by atoms with Crippen molar-refractivity contribution in [2.75, 3.05) is 13.7 Å². The number of pyridine rings is 1. The summed E-state index contributed by atoms with van der Waals surface area (Å²) in [5, 5.41) is 3.38. The molecule has 4 nitrogen and oxygen atoms in total. The molecule has 1 unspecified atom stereocenters. The highest BCUT2D eigenvalue weighted by Crippen LogP contribution is 2.13. The molecule has 1 rings (SSSR count). The molecule has 0 fully saturated rings. The van der Waals surface area contributed by atoms with E-state index in [2.05, 4.69) is 39.1 Å². The molecule has 114 valence electrons. The second kappa shape index (κ2) is 8.22. The minimum atomic E-state index is 0.101. The lowest BCUT2D eigenvalue weighted by Crippen LogP contribution is -2.33. The third-order valence-corrected chi connectivity index (χ3v) is 3.65. The Morgan fingerprint density at radius 1 is 1.30 bits per heavy atom. The summed E-state index contributed by atoms with van der Waals surface area (Å²) in [5.41, 5.74) is 1.99. The van der Waals surface area contributed by atoms with Crippen LogP contribution in [0.3, 0.4) is 0 Å². The molecule has 0 aliphatic rings. The largest absolute Gasteiger partial charge is 0.383 e. The van der Waals surface area contributed by atoms with Gasteiger partial charge in [0.1, 0.15) is 0 Å². The smallest absolute Gasteiger partial charge is 0.255 e. The zero-order valence-electron chi connectivity index (χ0n) is 13.4. The Morgan fingerprint density at radius 3 is 2.55 bits per heavy atom. The fraction of sp³-hybridized carbons (Fsp3) is 0.688. The number of aromatic nitrogens is 1. The first-order valence-electron chi connectivity index (χ1n) is 7.46. The van der Waals surface area contributed by atoms with Crippen LogP contribution in [-0.4, -0.2) is 24.3 Å². The van der Waals surface area contributed by atoms with Crippen molar-refractivity contribution in [2.45, 2.75) is 59.2 Å². The molecule has 0 saturated heterocycles. The Labute approximate surface area is 122 Å². The summed E-state index contributed by atoms with van der Waals surface area (Å²) in [7, 11) is 1.66. The number of rotatable bonds is 8. The van der Waals surface area contributed by atoms with Crippen molar-refractivity contribution in [1.82, 2.24) is 9.88 Å². The van der Waals surface area contributed by atoms with Gasteiger partial charge in [-0.05, 0) is 25.3 Å². The fourth-order valence-corrected chi connectivity index (χ4v) is 2.12. The van der Waals surface area contributed by atoms with Crippen LogP contribution in [0.15, 0.2) is 16.9 Å². The maximum Gasteiger partial charge on any atom is 0.255 e. The van der Waals surface area contributed by atoms with E-state index < -0.39 is 0 Å². The number of methoxy groups -OCH3 is 1. The molecule has 1 aromatic rings. The van der Waals surface area contributed by atoms with E-state index in [0.717, 1.165) is 17.7 Å². The lowest BCUT2D eigenvalue weighted by atomic mass is 10.1. The van der Waals surface area contributed by atoms with Crippen LogP contribution in [0.2, 0.25) is 0 Å². The maximum atomic E-state index is 12.6. The first-order valence-corrected chi connectivity index (χ1v) is 7.46. The predicted molar refractivity (Wildman–Crippen MR) is 83.3 cm³/mol. The topological polar surface area (TPSA) is 43.3 Å². The van der Waals surface area contributed by atoms with E-state index in [1.807, 2.05) is 10.6 Å². The molecule has 1 heterocycles. The molecule has 0 saturated carbocycles. The minimum Gasteiger partial charge on any atom is -0.383 e. The highest BCUT2D eigenvalue weighted by Gasteiger charge is 2.11. The van der Waals surface area contributed by atoms with Gasteiger partial charge in [0.05, 0.1) is 6.61 Å². The summed E-state index contributed by atoms with van der Waals surface area (Å²) in [6.07, 6.45) is 1.06. The van der Waals surface area contributed by atoms with Crippen LogP contribution in [0.4, 0.5) is 0 Å². The lowest BCUT2D eigenvalue weighted by Gasteiger charge is -2.18. The Bertz CT molecular complexity index is 466. The molecule has 20 heavy (non-hydrogen) atoms. The van der Waals surface area contributed by atoms with E-state index in [1.165, 1.54) is 0 Å². The summed E-state index contributed by atoms with van der Waals surface area (Å²) in [4.78, 5) is 12.6. The van der Waals surface area contributed by atoms with Gasteiger partial charge in [0.15, 0.2) is 0 Å². The minimum absolute atomic E-state index is 0.101. The normalized spacial score (nSPS) is 12.9. The SMILES string of the molecule is CCC(C)NCc1ccc(C(C)C)n(CCOC)c1=O. The van der Waals surface area contributed by atoms with E-state index in [9.17, 15) is 4.79 Å². The standard InChI is InChI=1S/C16H28N2O2/c1-6-13(4)17-11-14-7-8-15(12(2)3)18(16(14)19)9-10-20-5/h7-8,12-13,17H,6,9-11H2,1-5H3. The van der Waals surface area contributed by atoms with Crippen molar-refractivity contribution in [3.8, 4) is 0 Å². The van der Waals surface area contributed by atoms with Crippen LogP contribution in [0.5, 0.6) is 0 Å². The molecule has 0 aromatic carbocycles. The van der Waals surface area contributed by atoms with Gasteiger partial charge in [0.2, 0.25) is 0 Å². The molecular formula is C16H28N2O2. The summed E-state index contributed by atoms with van der Waals surface area (Å²) < 4.78 is 6.96. The van der Waals surface area contributed by atoms with E-state index >= 15 is 0 Å². The zero-order valence-corrected chi connectivity index (χ0v) is 13.4. The Balaban J connectivity index is 3.01. The van der Waals surface area contributed by atoms with Crippen molar-refractivity contribution in [3.05, 3.63) is 33.7 Å². The summed E-state index contributed by atoms with van der Waals surface area (Å²) in [6, 6.07) is 4.44. The maximum absolute atomic E-state index is 12.6. The first-order chi connectivity index (χ1) is 9.51. The second-order valence-corrected chi connectivity index (χ2v) is 5.58. The number of nitrogens with zero attached hydrogens (tertiary/aromatic N) is 1. The van der Waals surface area contributed by atoms with Crippen LogP contribution in [0, 0.1) is 0 Å². The van der Waals surface area contributed by atoms with Gasteiger partial charge in [0, 0.05) is 37.5 Å². The molecule has 1 atom stereocenters. The van der Waals surface area contributed by atoms with E-state index in [1.54, 1.807) is 7.11 Å². The number of ether oxygens (including phenoxy) is 1. The van der Waals surface area contributed by atoms with Gasteiger partial charge in [0.25, 0.3) is 5.56 Å². The van der Waals surface area contributed by atoms with Gasteiger partial charge in [-0.25, -0.2) is 0 Å². The van der Waals surface area contributed by atoms with Crippen molar-refractivity contribution >= 4 is 0 Å². The molecule has 0 bridgehead atoms. The van der Waals surface area contributed by atoms with Crippen molar-refractivity contribution in [1.29, 1.82) is 0 Å². The monoisotopic (exact) mass is 280 g/mol. The van der Waals surface area contributed by atoms with Crippen LogP contribution in [0.25, 0.3) is 0 Å². The third kappa shape index (κ3) is 4.46. The van der Waals surface area contributed by atoms with Gasteiger partial charge < -0.3 is 14.6 Å². The quantitative estimate of drug-likeness (QED) is 0.795. The highest BCUT2D eigenvalue weighted by atomic mass is 16.5. The van der Waals surface area contributed by atoms with Crippen molar-refractivity contribution in [3.63, 3.8) is 0 Å². The van der Waals surface area contributed by atoms with Gasteiger partial charge in [-0.15, -0.1) is 0 Å². The van der Waals surface area contributed by atoms with Crippen LogP contribution in [-0.2, 0) is 17.8 Å². The van der Waals surface area contributed by atoms with Crippen LogP contribution in [0.1, 0.15) is 51.3 Å². The summed E-state index contributed by atoms with van der Waals surface area (Å²) >= 11 is 0. The van der Waals surface area contributed by atoms with E-state index in [0.29, 0.717) is 31.7 Å². The third-order valence-electron chi connectivity index (χ3n) is 3.65. The average Bonchev–Trinajstić information content (AvgIpc) is 2.43.